The van der Waals surface area contributed by atoms with E-state index in [-0.39, 0.29) is 30.3 Å². The molecular weight excluding hydrogens is 382 g/mol. The van der Waals surface area contributed by atoms with Crippen molar-refractivity contribution in [3.8, 4) is 0 Å². The number of anilines is 1. The van der Waals surface area contributed by atoms with Gasteiger partial charge in [0.05, 0.1) is 11.9 Å². The standard InChI is InChI=1S/C21H23N7O2.H2/c1-2-27-17-10-14(13-4-3-5-13)6-7-15(17)21(30)16(25-27)11-20(29)24-19-9-8-18(23)28(12-22)26-19;/h6-10,12-13,22-23H,2-5,11H2,1H3,(H,24,26,29);1H. The van der Waals surface area contributed by atoms with E-state index in [2.05, 4.69) is 21.6 Å². The molecule has 1 fully saturated rings. The predicted octanol–water partition coefficient (Wildman–Crippen LogP) is 2.24. The maximum absolute atomic E-state index is 13.0. The highest BCUT2D eigenvalue weighted by Gasteiger charge is 2.21. The molecule has 2 aromatic heterocycles. The first kappa shape index (κ1) is 19.7. The Labute approximate surface area is 173 Å². The summed E-state index contributed by atoms with van der Waals surface area (Å²) in [6.45, 7) is 2.55. The van der Waals surface area contributed by atoms with E-state index in [0.717, 1.165) is 16.5 Å². The molecule has 0 aliphatic heterocycles. The largest absolute Gasteiger partial charge is 0.309 e. The van der Waals surface area contributed by atoms with Crippen molar-refractivity contribution in [2.45, 2.75) is 45.1 Å². The Morgan fingerprint density at radius 3 is 2.77 bits per heavy atom. The smallest absolute Gasteiger partial charge is 0.231 e. The molecule has 0 radical (unpaired) electrons. The van der Waals surface area contributed by atoms with E-state index >= 15 is 0 Å². The fraction of sp³-hybridized carbons (Fsp3) is 0.333. The molecule has 1 amide bonds. The van der Waals surface area contributed by atoms with E-state index in [1.54, 1.807) is 4.68 Å². The molecule has 0 saturated heterocycles. The number of nitrogens with zero attached hydrogens (tertiary/aromatic N) is 4. The second-order valence-electron chi connectivity index (χ2n) is 7.40. The Morgan fingerprint density at radius 2 is 2.10 bits per heavy atom. The van der Waals surface area contributed by atoms with Crippen molar-refractivity contribution in [3.05, 3.63) is 57.3 Å². The van der Waals surface area contributed by atoms with E-state index in [4.69, 9.17) is 10.8 Å². The van der Waals surface area contributed by atoms with Gasteiger partial charge in [-0.05, 0) is 55.5 Å². The van der Waals surface area contributed by atoms with E-state index < -0.39 is 5.91 Å². The third-order valence-corrected chi connectivity index (χ3v) is 5.50. The fourth-order valence-electron chi connectivity index (χ4n) is 3.65. The second-order valence-corrected chi connectivity index (χ2v) is 7.40. The summed E-state index contributed by atoms with van der Waals surface area (Å²) in [5.41, 5.74) is 2.00. The van der Waals surface area contributed by atoms with Crippen LogP contribution in [-0.2, 0) is 17.8 Å². The highest BCUT2D eigenvalue weighted by molar-refractivity contribution is 5.91. The van der Waals surface area contributed by atoms with Crippen LogP contribution in [0, 0.1) is 10.8 Å². The van der Waals surface area contributed by atoms with Crippen LogP contribution in [0.3, 0.4) is 0 Å². The van der Waals surface area contributed by atoms with Gasteiger partial charge in [-0.2, -0.15) is 5.10 Å². The zero-order valence-corrected chi connectivity index (χ0v) is 16.7. The van der Waals surface area contributed by atoms with Crippen molar-refractivity contribution in [3.63, 3.8) is 0 Å². The van der Waals surface area contributed by atoms with Crippen LogP contribution in [0.2, 0.25) is 0 Å². The quantitative estimate of drug-likeness (QED) is 0.427. The van der Waals surface area contributed by atoms with Crippen molar-refractivity contribution in [2.75, 3.05) is 5.32 Å². The molecule has 0 atom stereocenters. The Hall–Kier alpha value is -3.62. The Bertz CT molecular complexity index is 1260. The lowest BCUT2D eigenvalue weighted by molar-refractivity contribution is -0.115. The predicted molar refractivity (Wildman–Crippen MR) is 115 cm³/mol. The molecule has 4 rings (SSSR count). The van der Waals surface area contributed by atoms with Crippen LogP contribution in [0.4, 0.5) is 5.82 Å². The molecule has 1 saturated carbocycles. The van der Waals surface area contributed by atoms with E-state index in [0.29, 0.717) is 17.8 Å². The van der Waals surface area contributed by atoms with Gasteiger partial charge in [-0.15, -0.1) is 5.10 Å². The van der Waals surface area contributed by atoms with Crippen molar-refractivity contribution in [1.29, 1.82) is 10.8 Å². The number of fused-ring (bicyclic) bond motifs is 1. The highest BCUT2D eigenvalue weighted by Crippen LogP contribution is 2.37. The number of aryl methyl sites for hydroxylation is 1. The van der Waals surface area contributed by atoms with Gasteiger partial charge >= 0.3 is 0 Å². The van der Waals surface area contributed by atoms with Crippen molar-refractivity contribution in [1.82, 2.24) is 19.6 Å². The summed E-state index contributed by atoms with van der Waals surface area (Å²) in [6, 6.07) is 8.82. The van der Waals surface area contributed by atoms with Gasteiger partial charge in [-0.3, -0.25) is 25.1 Å². The molecule has 0 bridgehead atoms. The molecule has 9 heteroatoms. The molecule has 1 aliphatic carbocycles. The average molecular weight is 407 g/mol. The zero-order chi connectivity index (χ0) is 21.3. The van der Waals surface area contributed by atoms with Gasteiger partial charge in [0.25, 0.3) is 0 Å². The molecule has 3 aromatic rings. The maximum atomic E-state index is 13.0. The number of aromatic nitrogens is 4. The molecule has 1 aromatic carbocycles. The van der Waals surface area contributed by atoms with Crippen molar-refractivity contribution >= 4 is 29.0 Å². The van der Waals surface area contributed by atoms with Gasteiger partial charge < -0.3 is 5.32 Å². The minimum Gasteiger partial charge on any atom is -0.309 e. The van der Waals surface area contributed by atoms with Crippen LogP contribution >= 0.6 is 0 Å². The monoisotopic (exact) mass is 407 g/mol. The number of hydrogen-bond donors (Lipinski definition) is 3. The van der Waals surface area contributed by atoms with E-state index in [1.807, 2.05) is 19.1 Å². The minimum absolute atomic E-state index is 0. The first-order valence-electron chi connectivity index (χ1n) is 9.98. The number of carbonyl (C=O) groups excluding carboxylic acids is 1. The number of amides is 1. The Morgan fingerprint density at radius 1 is 1.30 bits per heavy atom. The first-order chi connectivity index (χ1) is 14.5. The van der Waals surface area contributed by atoms with Crippen LogP contribution in [0.1, 0.15) is 44.8 Å². The molecule has 30 heavy (non-hydrogen) atoms. The van der Waals surface area contributed by atoms with E-state index in [9.17, 15) is 9.59 Å². The molecule has 1 aliphatic rings. The highest BCUT2D eigenvalue weighted by atomic mass is 16.2. The summed E-state index contributed by atoms with van der Waals surface area (Å²) in [5.74, 6) is 0.322. The first-order valence-corrected chi connectivity index (χ1v) is 9.98. The number of hydrogen-bond acceptors (Lipinski definition) is 6. The van der Waals surface area contributed by atoms with Crippen molar-refractivity contribution in [2.24, 2.45) is 0 Å². The molecule has 0 unspecified atom stereocenters. The van der Waals surface area contributed by atoms with Gasteiger partial charge in [0.2, 0.25) is 11.3 Å². The fourth-order valence-corrected chi connectivity index (χ4v) is 3.65. The summed E-state index contributed by atoms with van der Waals surface area (Å²) >= 11 is 0. The molecule has 9 nitrogen and oxygen atoms in total. The Kier molecular flexibility index (Phi) is 5.26. The summed E-state index contributed by atoms with van der Waals surface area (Å²) < 4.78 is 2.80. The minimum atomic E-state index is -0.436. The Balaban J connectivity index is 0.00000272. The average Bonchev–Trinajstić information content (AvgIpc) is 2.70. The third-order valence-electron chi connectivity index (χ3n) is 5.50. The zero-order valence-electron chi connectivity index (χ0n) is 16.7. The molecule has 2 heterocycles. The SMILES string of the molecule is CCn1nc(CC(=O)Nc2ccc(=N)n(C=N)n2)c(=O)c2ccc(C3CCC3)cc21.[HH]. The lowest BCUT2D eigenvalue weighted by Crippen LogP contribution is -2.27. The maximum Gasteiger partial charge on any atom is 0.231 e. The summed E-state index contributed by atoms with van der Waals surface area (Å²) in [4.78, 5) is 25.5. The van der Waals surface area contributed by atoms with Gasteiger partial charge in [-0.25, -0.2) is 4.68 Å². The lowest BCUT2D eigenvalue weighted by atomic mass is 9.80. The number of carbonyl (C=O) groups is 1. The topological polar surface area (TPSA) is 130 Å². The van der Waals surface area contributed by atoms with Crippen LogP contribution in [0.25, 0.3) is 10.9 Å². The van der Waals surface area contributed by atoms with Gasteiger partial charge in [-0.1, -0.05) is 12.5 Å². The summed E-state index contributed by atoms with van der Waals surface area (Å²) in [5, 5.41) is 26.4. The van der Waals surface area contributed by atoms with Crippen LogP contribution in [0.5, 0.6) is 0 Å². The second kappa shape index (κ2) is 8.02. The van der Waals surface area contributed by atoms with Crippen LogP contribution in [-0.4, -0.2) is 31.8 Å². The number of rotatable bonds is 6. The molecule has 3 N–H and O–H groups in total. The van der Waals surface area contributed by atoms with Crippen LogP contribution in [0.15, 0.2) is 35.1 Å². The molecular formula is C21H25N7O2. The van der Waals surface area contributed by atoms with Crippen LogP contribution < -0.4 is 16.2 Å². The molecule has 0 spiro atoms. The summed E-state index contributed by atoms with van der Waals surface area (Å²) in [6.07, 6.45) is 4.30. The van der Waals surface area contributed by atoms with Gasteiger partial charge in [0, 0.05) is 13.4 Å². The normalized spacial score (nSPS) is 13.8. The molecule has 156 valence electrons. The number of benzene rings is 1. The summed E-state index contributed by atoms with van der Waals surface area (Å²) in [7, 11) is 0. The van der Waals surface area contributed by atoms with Crippen molar-refractivity contribution < 1.29 is 6.22 Å². The number of nitrogens with one attached hydrogen (secondary N) is 3. The van der Waals surface area contributed by atoms with Gasteiger partial charge in [0.15, 0.2) is 5.82 Å². The third kappa shape index (κ3) is 3.66. The van der Waals surface area contributed by atoms with Gasteiger partial charge in [0.1, 0.15) is 17.5 Å². The lowest BCUT2D eigenvalue weighted by Gasteiger charge is -2.26. The van der Waals surface area contributed by atoms with E-state index in [1.165, 1.54) is 37.0 Å².